The van der Waals surface area contributed by atoms with Gasteiger partial charge in [0, 0.05) is 17.7 Å². The molecule has 1 heterocycles. The monoisotopic (exact) mass is 535 g/mol. The van der Waals surface area contributed by atoms with Crippen LogP contribution in [0.15, 0.2) is 54.1 Å². The predicted octanol–water partition coefficient (Wildman–Crippen LogP) is 9.04. The molecule has 1 aliphatic heterocycles. The molecule has 1 amide bonds. The molecule has 4 nitrogen and oxygen atoms in total. The van der Waals surface area contributed by atoms with E-state index < -0.39 is 23.5 Å². The maximum absolute atomic E-state index is 14.9. The van der Waals surface area contributed by atoms with Gasteiger partial charge in [0.25, 0.3) is 11.7 Å². The molecule has 0 aromatic heterocycles. The van der Waals surface area contributed by atoms with E-state index in [1.807, 2.05) is 19.1 Å². The third-order valence-electron chi connectivity index (χ3n) is 7.82. The number of benzene rings is 2. The summed E-state index contributed by atoms with van der Waals surface area (Å²) in [5, 5.41) is 11.1. The highest BCUT2D eigenvalue weighted by atomic mass is 19.1. The van der Waals surface area contributed by atoms with Crippen molar-refractivity contribution in [3.63, 3.8) is 0 Å². The number of amides is 1. The minimum atomic E-state index is -0.936. The first-order chi connectivity index (χ1) is 19.0. The molecule has 2 aromatic carbocycles. The van der Waals surface area contributed by atoms with Crippen LogP contribution in [0.4, 0.5) is 4.39 Å². The summed E-state index contributed by atoms with van der Waals surface area (Å²) in [4.78, 5) is 27.6. The van der Waals surface area contributed by atoms with Gasteiger partial charge in [0.15, 0.2) is 0 Å². The van der Waals surface area contributed by atoms with Gasteiger partial charge in [-0.3, -0.25) is 9.59 Å². The molecule has 0 spiro atoms. The Kier molecular flexibility index (Phi) is 12.7. The largest absolute Gasteiger partial charge is 0.507 e. The number of likely N-dealkylation sites (tertiary alicyclic amines) is 1. The molecule has 39 heavy (non-hydrogen) atoms. The number of ketones is 1. The van der Waals surface area contributed by atoms with Crippen LogP contribution in [0.25, 0.3) is 5.76 Å². The van der Waals surface area contributed by atoms with Crippen molar-refractivity contribution in [2.75, 3.05) is 6.54 Å². The Bertz CT molecular complexity index is 1090. The zero-order chi connectivity index (χ0) is 28.0. The van der Waals surface area contributed by atoms with Gasteiger partial charge in [-0.1, -0.05) is 138 Å². The number of unbranched alkanes of at least 4 members (excludes halogenated alkanes) is 13. The van der Waals surface area contributed by atoms with E-state index in [9.17, 15) is 19.1 Å². The Morgan fingerprint density at radius 1 is 0.769 bits per heavy atom. The van der Waals surface area contributed by atoms with E-state index in [0.717, 1.165) is 24.8 Å². The summed E-state index contributed by atoms with van der Waals surface area (Å²) in [7, 11) is 0. The summed E-state index contributed by atoms with van der Waals surface area (Å²) >= 11 is 0. The van der Waals surface area contributed by atoms with E-state index in [4.69, 9.17) is 0 Å². The first kappa shape index (κ1) is 30.6. The lowest BCUT2D eigenvalue weighted by Crippen LogP contribution is -2.31. The van der Waals surface area contributed by atoms with Gasteiger partial charge in [-0.25, -0.2) is 4.39 Å². The lowest BCUT2D eigenvalue weighted by atomic mass is 9.94. The third kappa shape index (κ3) is 8.78. The zero-order valence-corrected chi connectivity index (χ0v) is 23.9. The van der Waals surface area contributed by atoms with Crippen LogP contribution in [0.3, 0.4) is 0 Å². The molecular weight excluding hydrogens is 489 g/mol. The Hall–Kier alpha value is -2.95. The van der Waals surface area contributed by atoms with E-state index in [-0.39, 0.29) is 16.9 Å². The van der Waals surface area contributed by atoms with E-state index in [1.54, 1.807) is 30.3 Å². The number of carbonyl (C=O) groups is 2. The van der Waals surface area contributed by atoms with E-state index in [0.29, 0.717) is 12.1 Å². The SMILES string of the molecule is CCCCCCCCCCCCCCCCN1C(=O)C(=O)/C(=C(/O)c2ccc(C)cc2)[C@H]1c1ccccc1F. The van der Waals surface area contributed by atoms with Crippen LogP contribution in [-0.4, -0.2) is 28.2 Å². The molecule has 1 N–H and O–H groups in total. The van der Waals surface area contributed by atoms with E-state index in [1.165, 1.54) is 81.6 Å². The van der Waals surface area contributed by atoms with Crippen LogP contribution >= 0.6 is 0 Å². The highest BCUT2D eigenvalue weighted by molar-refractivity contribution is 6.46. The summed E-state index contributed by atoms with van der Waals surface area (Å²) in [5.41, 5.74) is 1.64. The molecule has 0 bridgehead atoms. The summed E-state index contributed by atoms with van der Waals surface area (Å²) in [6.07, 6.45) is 17.2. The fourth-order valence-electron chi connectivity index (χ4n) is 5.47. The fourth-order valence-corrected chi connectivity index (χ4v) is 5.47. The number of Topliss-reactive ketones (excluding diaryl/α,β-unsaturated/α-hetero) is 1. The molecular formula is C34H46FNO3. The van der Waals surface area contributed by atoms with Crippen molar-refractivity contribution in [2.45, 2.75) is 110 Å². The molecule has 2 aromatic rings. The fraction of sp³-hybridized carbons (Fsp3) is 0.529. The first-order valence-electron chi connectivity index (χ1n) is 15.1. The van der Waals surface area contributed by atoms with Crippen molar-refractivity contribution >= 4 is 17.4 Å². The van der Waals surface area contributed by atoms with Crippen molar-refractivity contribution in [3.05, 3.63) is 76.6 Å². The van der Waals surface area contributed by atoms with Crippen molar-refractivity contribution in [2.24, 2.45) is 0 Å². The number of hydrogen-bond acceptors (Lipinski definition) is 3. The average Bonchev–Trinajstić information content (AvgIpc) is 3.18. The first-order valence-corrected chi connectivity index (χ1v) is 15.1. The highest BCUT2D eigenvalue weighted by Gasteiger charge is 2.46. The molecule has 212 valence electrons. The molecule has 3 rings (SSSR count). The van der Waals surface area contributed by atoms with Gasteiger partial charge in [-0.05, 0) is 19.4 Å². The van der Waals surface area contributed by atoms with Gasteiger partial charge in [0.1, 0.15) is 11.6 Å². The second kappa shape index (κ2) is 16.2. The number of nitrogens with zero attached hydrogens (tertiary/aromatic N) is 1. The number of halogens is 1. The maximum Gasteiger partial charge on any atom is 0.295 e. The summed E-state index contributed by atoms with van der Waals surface area (Å²) < 4.78 is 14.9. The summed E-state index contributed by atoms with van der Waals surface area (Å²) in [5.74, 6) is -2.19. The standard InChI is InChI=1S/C34H46FNO3/c1-3-4-5-6-7-8-9-10-11-12-13-14-15-18-25-36-31(28-19-16-17-20-29(28)35)30(33(38)34(36)39)32(37)27-23-21-26(2)22-24-27/h16-17,19-24,31,37H,3-15,18,25H2,1-2H3/b32-30+/t31-/m1/s1. The van der Waals surface area contributed by atoms with Crippen molar-refractivity contribution in [1.29, 1.82) is 0 Å². The second-order valence-electron chi connectivity index (χ2n) is 11.0. The van der Waals surface area contributed by atoms with E-state index >= 15 is 0 Å². The summed E-state index contributed by atoms with van der Waals surface area (Å²) in [6, 6.07) is 12.3. The molecule has 0 saturated carbocycles. The smallest absolute Gasteiger partial charge is 0.295 e. The van der Waals surface area contributed by atoms with Gasteiger partial charge in [0.05, 0.1) is 11.6 Å². The van der Waals surface area contributed by atoms with Crippen LogP contribution in [0.1, 0.15) is 120 Å². The van der Waals surface area contributed by atoms with Crippen LogP contribution in [0.2, 0.25) is 0 Å². The maximum atomic E-state index is 14.9. The molecule has 5 heteroatoms. The van der Waals surface area contributed by atoms with Gasteiger partial charge in [-0.2, -0.15) is 0 Å². The zero-order valence-electron chi connectivity index (χ0n) is 23.9. The highest BCUT2D eigenvalue weighted by Crippen LogP contribution is 2.40. The molecule has 0 aliphatic carbocycles. The minimum Gasteiger partial charge on any atom is -0.507 e. The van der Waals surface area contributed by atoms with Crippen LogP contribution < -0.4 is 0 Å². The molecule has 1 saturated heterocycles. The summed E-state index contributed by atoms with van der Waals surface area (Å²) in [6.45, 7) is 4.53. The number of aryl methyl sites for hydroxylation is 1. The minimum absolute atomic E-state index is 0.0423. The Labute approximate surface area is 234 Å². The van der Waals surface area contributed by atoms with E-state index in [2.05, 4.69) is 6.92 Å². The predicted molar refractivity (Wildman–Crippen MR) is 157 cm³/mol. The Morgan fingerprint density at radius 2 is 1.28 bits per heavy atom. The third-order valence-corrected chi connectivity index (χ3v) is 7.82. The number of aliphatic hydroxyl groups excluding tert-OH is 1. The van der Waals surface area contributed by atoms with Gasteiger partial charge < -0.3 is 10.0 Å². The molecule has 0 radical (unpaired) electrons. The van der Waals surface area contributed by atoms with Crippen LogP contribution in [-0.2, 0) is 9.59 Å². The molecule has 1 aliphatic rings. The Balaban J connectivity index is 1.54. The number of hydrogen-bond donors (Lipinski definition) is 1. The topological polar surface area (TPSA) is 57.6 Å². The van der Waals surface area contributed by atoms with Gasteiger partial charge >= 0.3 is 0 Å². The number of aliphatic hydroxyl groups is 1. The number of carbonyl (C=O) groups excluding carboxylic acids is 2. The van der Waals surface area contributed by atoms with Crippen molar-refractivity contribution < 1.29 is 19.1 Å². The second-order valence-corrected chi connectivity index (χ2v) is 11.0. The number of rotatable bonds is 17. The van der Waals surface area contributed by atoms with Gasteiger partial charge in [0.2, 0.25) is 0 Å². The molecule has 1 fully saturated rings. The molecule has 0 unspecified atom stereocenters. The van der Waals surface area contributed by atoms with Crippen LogP contribution in [0, 0.1) is 12.7 Å². The average molecular weight is 536 g/mol. The van der Waals surface area contributed by atoms with Gasteiger partial charge in [-0.15, -0.1) is 0 Å². The lowest BCUT2D eigenvalue weighted by Gasteiger charge is -2.25. The quantitative estimate of drug-likeness (QED) is 0.0951. The van der Waals surface area contributed by atoms with Crippen molar-refractivity contribution in [3.8, 4) is 0 Å². The van der Waals surface area contributed by atoms with Crippen molar-refractivity contribution in [1.82, 2.24) is 4.90 Å². The normalized spacial score (nSPS) is 16.8. The Morgan fingerprint density at radius 3 is 1.82 bits per heavy atom. The van der Waals surface area contributed by atoms with Crippen LogP contribution in [0.5, 0.6) is 0 Å². The molecule has 1 atom stereocenters. The lowest BCUT2D eigenvalue weighted by molar-refractivity contribution is -0.140.